The molecular weight excluding hydrogens is 497 g/mol. The first kappa shape index (κ1) is 25.6. The van der Waals surface area contributed by atoms with Crippen LogP contribution in [0.25, 0.3) is 11.3 Å². The number of nitrogen functional groups attached to an aromatic ring is 1. The standard InChI is InChI=1S/C28H27F3N4O3/c1-37-23-11-16(10-17(24(23)32)13-34-19-6-7-19)28(36)33-9-8-20-12-21-22(27(30)31)14-38-26(21)25(35-20)15-2-4-18(29)5-3-15/h2-5,10-13,19,22,27H,6-9,14,32H2,1H3,(H,33,36). The van der Waals surface area contributed by atoms with E-state index in [9.17, 15) is 18.0 Å². The Kier molecular flexibility index (Phi) is 7.22. The third-order valence-corrected chi connectivity index (χ3v) is 6.58. The molecule has 0 spiro atoms. The summed E-state index contributed by atoms with van der Waals surface area (Å²) in [5.41, 5.74) is 9.30. The molecule has 1 aliphatic heterocycles. The van der Waals surface area contributed by atoms with Gasteiger partial charge >= 0.3 is 0 Å². The number of pyridine rings is 1. The predicted octanol–water partition coefficient (Wildman–Crippen LogP) is 4.77. The van der Waals surface area contributed by atoms with Crippen molar-refractivity contribution in [2.24, 2.45) is 4.99 Å². The predicted molar refractivity (Wildman–Crippen MR) is 138 cm³/mol. The number of fused-ring (bicyclic) bond motifs is 1. The van der Waals surface area contributed by atoms with Crippen molar-refractivity contribution in [3.05, 3.63) is 70.7 Å². The number of hydrogen-bond acceptors (Lipinski definition) is 6. The first-order valence-corrected chi connectivity index (χ1v) is 12.3. The Hall–Kier alpha value is -4.08. The van der Waals surface area contributed by atoms with Crippen molar-refractivity contribution in [3.63, 3.8) is 0 Å². The number of ether oxygens (including phenoxy) is 2. The molecule has 1 aromatic heterocycles. The molecule has 1 unspecified atom stereocenters. The first-order valence-electron chi connectivity index (χ1n) is 12.3. The Labute approximate surface area is 217 Å². The van der Waals surface area contributed by atoms with Crippen molar-refractivity contribution in [2.75, 3.05) is 26.0 Å². The van der Waals surface area contributed by atoms with Crippen LogP contribution in [-0.2, 0) is 6.42 Å². The van der Waals surface area contributed by atoms with Gasteiger partial charge in [0.1, 0.15) is 29.6 Å². The Morgan fingerprint density at radius 1 is 1.26 bits per heavy atom. The van der Waals surface area contributed by atoms with Crippen molar-refractivity contribution in [1.29, 1.82) is 0 Å². The number of aliphatic imine (C=N–C) groups is 1. The van der Waals surface area contributed by atoms with Crippen LogP contribution in [0.3, 0.4) is 0 Å². The number of rotatable bonds is 9. The zero-order chi connectivity index (χ0) is 26.8. The van der Waals surface area contributed by atoms with Crippen LogP contribution in [0, 0.1) is 5.82 Å². The number of halogens is 3. The van der Waals surface area contributed by atoms with Gasteiger partial charge in [-0.15, -0.1) is 0 Å². The highest BCUT2D eigenvalue weighted by atomic mass is 19.3. The van der Waals surface area contributed by atoms with Gasteiger partial charge < -0.3 is 20.5 Å². The molecule has 2 heterocycles. The van der Waals surface area contributed by atoms with Gasteiger partial charge in [0.05, 0.1) is 24.8 Å². The third-order valence-electron chi connectivity index (χ3n) is 6.58. The van der Waals surface area contributed by atoms with Crippen molar-refractivity contribution in [3.8, 4) is 22.8 Å². The molecular formula is C28H27F3N4O3. The molecule has 1 fully saturated rings. The number of anilines is 1. The molecule has 198 valence electrons. The molecule has 1 aliphatic carbocycles. The van der Waals surface area contributed by atoms with Gasteiger partial charge in [0, 0.05) is 47.1 Å². The van der Waals surface area contributed by atoms with Gasteiger partial charge in [-0.05, 0) is 55.3 Å². The number of methoxy groups -OCH3 is 1. The minimum absolute atomic E-state index is 0.158. The number of nitrogens with two attached hydrogens (primary N) is 1. The van der Waals surface area contributed by atoms with Gasteiger partial charge in [0.25, 0.3) is 5.91 Å². The second kappa shape index (κ2) is 10.7. The monoisotopic (exact) mass is 524 g/mol. The maximum atomic E-state index is 13.7. The summed E-state index contributed by atoms with van der Waals surface area (Å²) in [7, 11) is 1.48. The van der Waals surface area contributed by atoms with Gasteiger partial charge in [0.2, 0.25) is 6.43 Å². The van der Waals surface area contributed by atoms with Crippen molar-refractivity contribution in [2.45, 2.75) is 37.6 Å². The van der Waals surface area contributed by atoms with Crippen LogP contribution >= 0.6 is 0 Å². The lowest BCUT2D eigenvalue weighted by molar-refractivity contribution is 0.0953. The molecule has 10 heteroatoms. The smallest absolute Gasteiger partial charge is 0.251 e. The van der Waals surface area contributed by atoms with Crippen LogP contribution in [0.15, 0.2) is 47.5 Å². The van der Waals surface area contributed by atoms with E-state index in [4.69, 9.17) is 15.2 Å². The van der Waals surface area contributed by atoms with Gasteiger partial charge in [-0.25, -0.2) is 18.2 Å². The summed E-state index contributed by atoms with van der Waals surface area (Å²) in [6.45, 7) is 0.0420. The fraction of sp³-hybridized carbons (Fsp3) is 0.321. The maximum absolute atomic E-state index is 13.7. The average Bonchev–Trinajstić information content (AvgIpc) is 3.64. The van der Waals surface area contributed by atoms with E-state index in [1.807, 2.05) is 0 Å². The summed E-state index contributed by atoms with van der Waals surface area (Å²) in [5.74, 6) is -1.20. The molecule has 0 radical (unpaired) electrons. The van der Waals surface area contributed by atoms with Crippen LogP contribution in [0.4, 0.5) is 18.9 Å². The number of hydrogen-bond donors (Lipinski definition) is 2. The summed E-state index contributed by atoms with van der Waals surface area (Å²) in [6, 6.07) is 10.7. The van der Waals surface area contributed by atoms with Crippen molar-refractivity contribution < 1.29 is 27.4 Å². The molecule has 3 aromatic rings. The highest BCUT2D eigenvalue weighted by molar-refractivity contribution is 5.99. The molecule has 1 amide bonds. The molecule has 0 bridgehead atoms. The van der Waals surface area contributed by atoms with E-state index in [1.165, 1.54) is 31.4 Å². The lowest BCUT2D eigenvalue weighted by atomic mass is 9.98. The van der Waals surface area contributed by atoms with Gasteiger partial charge in [-0.2, -0.15) is 0 Å². The Balaban J connectivity index is 1.35. The quantitative estimate of drug-likeness (QED) is 0.310. The minimum atomic E-state index is -2.61. The summed E-state index contributed by atoms with van der Waals surface area (Å²) in [5, 5.41) is 2.84. The Morgan fingerprint density at radius 2 is 2.03 bits per heavy atom. The summed E-state index contributed by atoms with van der Waals surface area (Å²) in [4.78, 5) is 22.0. The number of nitrogens with zero attached hydrogens (tertiary/aromatic N) is 2. The number of nitrogens with one attached hydrogen (secondary N) is 1. The molecule has 2 aromatic carbocycles. The highest BCUT2D eigenvalue weighted by Crippen LogP contribution is 2.43. The summed E-state index contributed by atoms with van der Waals surface area (Å²) in [6.07, 6.45) is 1.42. The van der Waals surface area contributed by atoms with E-state index in [0.29, 0.717) is 51.1 Å². The molecule has 2 aliphatic rings. The van der Waals surface area contributed by atoms with E-state index < -0.39 is 18.2 Å². The van der Waals surface area contributed by atoms with Crippen LogP contribution in [0.2, 0.25) is 0 Å². The topological polar surface area (TPSA) is 98.8 Å². The molecule has 7 nitrogen and oxygen atoms in total. The fourth-order valence-corrected chi connectivity index (χ4v) is 4.31. The van der Waals surface area contributed by atoms with Gasteiger partial charge in [-0.3, -0.25) is 9.79 Å². The SMILES string of the molecule is COc1cc(C(=O)NCCc2cc3c(c(-c4ccc(F)cc4)n2)OCC3C(F)F)cc(C=NC2CC2)c1N. The summed E-state index contributed by atoms with van der Waals surface area (Å²) >= 11 is 0. The molecule has 38 heavy (non-hydrogen) atoms. The lowest BCUT2D eigenvalue weighted by Gasteiger charge is -2.13. The normalized spacial score (nSPS) is 16.5. The average molecular weight is 525 g/mol. The van der Waals surface area contributed by atoms with Crippen LogP contribution < -0.4 is 20.5 Å². The number of carbonyl (C=O) groups is 1. The second-order valence-corrected chi connectivity index (χ2v) is 9.34. The largest absolute Gasteiger partial charge is 0.495 e. The third kappa shape index (κ3) is 5.44. The molecule has 1 saturated carbocycles. The molecule has 1 atom stereocenters. The highest BCUT2D eigenvalue weighted by Gasteiger charge is 2.34. The first-order chi connectivity index (χ1) is 18.3. The lowest BCUT2D eigenvalue weighted by Crippen LogP contribution is -2.26. The number of alkyl halides is 2. The van der Waals surface area contributed by atoms with E-state index >= 15 is 0 Å². The zero-order valence-electron chi connectivity index (χ0n) is 20.7. The van der Waals surface area contributed by atoms with E-state index in [0.717, 1.165) is 12.8 Å². The van der Waals surface area contributed by atoms with E-state index in [2.05, 4.69) is 15.3 Å². The minimum Gasteiger partial charge on any atom is -0.495 e. The van der Waals surface area contributed by atoms with Crippen LogP contribution in [0.1, 0.15) is 45.9 Å². The fourth-order valence-electron chi connectivity index (χ4n) is 4.31. The van der Waals surface area contributed by atoms with E-state index in [-0.39, 0.29) is 31.2 Å². The van der Waals surface area contributed by atoms with Crippen molar-refractivity contribution in [1.82, 2.24) is 10.3 Å². The maximum Gasteiger partial charge on any atom is 0.251 e. The Bertz CT molecular complexity index is 1370. The molecule has 0 saturated heterocycles. The number of carbonyl (C=O) groups excluding carboxylic acids is 1. The molecule has 3 N–H and O–H groups in total. The van der Waals surface area contributed by atoms with Crippen LogP contribution in [-0.4, -0.2) is 49.8 Å². The van der Waals surface area contributed by atoms with Gasteiger partial charge in [-0.1, -0.05) is 0 Å². The van der Waals surface area contributed by atoms with E-state index in [1.54, 1.807) is 24.4 Å². The van der Waals surface area contributed by atoms with Crippen molar-refractivity contribution >= 4 is 17.8 Å². The van der Waals surface area contributed by atoms with Gasteiger partial charge in [0.15, 0.2) is 0 Å². The number of aromatic nitrogens is 1. The zero-order valence-corrected chi connectivity index (χ0v) is 20.7. The van der Waals surface area contributed by atoms with Crippen LogP contribution in [0.5, 0.6) is 11.5 Å². The summed E-state index contributed by atoms with van der Waals surface area (Å²) < 4.78 is 51.7. The second-order valence-electron chi connectivity index (χ2n) is 9.34. The number of amides is 1. The number of benzene rings is 2. The molecule has 5 rings (SSSR count). The Morgan fingerprint density at radius 3 is 2.71 bits per heavy atom.